The van der Waals surface area contributed by atoms with E-state index in [4.69, 9.17) is 16.3 Å². The van der Waals surface area contributed by atoms with Gasteiger partial charge in [-0.3, -0.25) is 5.84 Å². The Hall–Kier alpha value is -2.31. The lowest BCUT2D eigenvalue weighted by Gasteiger charge is -2.35. The summed E-state index contributed by atoms with van der Waals surface area (Å²) in [5, 5.41) is 0. The number of nitrogens with two attached hydrogens (primary N) is 2. The predicted molar refractivity (Wildman–Crippen MR) is 105 cm³/mol. The molecule has 0 amide bonds. The van der Waals surface area contributed by atoms with Gasteiger partial charge in [0.2, 0.25) is 0 Å². The van der Waals surface area contributed by atoms with Crippen molar-refractivity contribution in [2.75, 3.05) is 18.5 Å². The number of nitrogens with zero attached hydrogens (tertiary/aromatic N) is 2. The highest BCUT2D eigenvalue weighted by Crippen LogP contribution is 2.30. The van der Waals surface area contributed by atoms with E-state index >= 15 is 0 Å². The van der Waals surface area contributed by atoms with Gasteiger partial charge in [-0.2, -0.15) is 0 Å². The van der Waals surface area contributed by atoms with E-state index in [9.17, 15) is 0 Å². The molecule has 0 aromatic heterocycles. The molecule has 25 heavy (non-hydrogen) atoms. The van der Waals surface area contributed by atoms with E-state index in [1.165, 1.54) is 6.42 Å². The van der Waals surface area contributed by atoms with Crippen molar-refractivity contribution in [3.05, 3.63) is 43.1 Å². The molecular formula is C19H29N5O. The predicted octanol–water partition coefficient (Wildman–Crippen LogP) is 2.74. The average molecular weight is 343 g/mol. The fourth-order valence-corrected chi connectivity index (χ4v) is 2.72. The lowest BCUT2D eigenvalue weighted by atomic mass is 9.95. The van der Waals surface area contributed by atoms with Crippen LogP contribution in [0.5, 0.6) is 5.75 Å². The Morgan fingerprint density at radius 3 is 2.68 bits per heavy atom. The number of anilines is 1. The Morgan fingerprint density at radius 2 is 2.16 bits per heavy atom. The number of hydrazine groups is 1. The van der Waals surface area contributed by atoms with Crippen LogP contribution in [0.2, 0.25) is 0 Å². The molecule has 136 valence electrons. The van der Waals surface area contributed by atoms with Crippen molar-refractivity contribution >= 4 is 17.1 Å². The molecule has 0 unspecified atom stereocenters. The first-order chi connectivity index (χ1) is 12.0. The molecule has 6 heteroatoms. The van der Waals surface area contributed by atoms with E-state index in [-0.39, 0.29) is 12.1 Å². The molecule has 1 saturated heterocycles. The summed E-state index contributed by atoms with van der Waals surface area (Å²) < 4.78 is 5.77. The Kier molecular flexibility index (Phi) is 6.61. The summed E-state index contributed by atoms with van der Waals surface area (Å²) >= 11 is 0. The molecular weight excluding hydrogens is 314 g/mol. The van der Waals surface area contributed by atoms with Gasteiger partial charge < -0.3 is 20.8 Å². The highest BCUT2D eigenvalue weighted by molar-refractivity contribution is 5.88. The zero-order valence-corrected chi connectivity index (χ0v) is 15.2. The molecule has 1 aliphatic rings. The first kappa shape index (κ1) is 19.0. The minimum atomic E-state index is -0.277. The van der Waals surface area contributed by atoms with Gasteiger partial charge in [0.25, 0.3) is 0 Å². The molecule has 1 aromatic rings. The standard InChI is InChI=1S/C19H29N5O/c1-5-22-19(24-9-6-10-24)12-17(20)14(4)16-11-15(25-13(2)3)7-8-18(16)23-21/h5,7-8,11,13,17,23H,1,4,6,9-10,12,20-21H2,2-3H3/b22-19+/t17-/m1/s1. The number of ether oxygens (including phenoxy) is 1. The third kappa shape index (κ3) is 4.84. The van der Waals surface area contributed by atoms with Gasteiger partial charge in [-0.15, -0.1) is 0 Å². The molecule has 1 aliphatic heterocycles. The maximum Gasteiger partial charge on any atom is 0.120 e. The maximum atomic E-state index is 6.42. The molecule has 1 aromatic carbocycles. The largest absolute Gasteiger partial charge is 0.491 e. The fraction of sp³-hybridized carbons (Fsp3) is 0.421. The molecule has 0 aliphatic carbocycles. The first-order valence-corrected chi connectivity index (χ1v) is 8.60. The highest BCUT2D eigenvalue weighted by atomic mass is 16.5. The van der Waals surface area contributed by atoms with Gasteiger partial charge in [0.05, 0.1) is 11.8 Å². The molecule has 1 heterocycles. The molecule has 0 radical (unpaired) electrons. The number of likely N-dealkylation sites (tertiary alicyclic amines) is 1. The summed E-state index contributed by atoms with van der Waals surface area (Å²) in [5.41, 5.74) is 11.5. The minimum Gasteiger partial charge on any atom is -0.491 e. The van der Waals surface area contributed by atoms with Gasteiger partial charge in [0, 0.05) is 37.3 Å². The van der Waals surface area contributed by atoms with Crippen LogP contribution >= 0.6 is 0 Å². The molecule has 0 bridgehead atoms. The van der Waals surface area contributed by atoms with Crippen LogP contribution in [0.15, 0.2) is 42.5 Å². The normalized spacial score (nSPS) is 15.6. The number of amidine groups is 1. The smallest absolute Gasteiger partial charge is 0.120 e. The van der Waals surface area contributed by atoms with E-state index < -0.39 is 0 Å². The van der Waals surface area contributed by atoms with Crippen molar-refractivity contribution in [1.82, 2.24) is 4.90 Å². The van der Waals surface area contributed by atoms with Gasteiger partial charge in [0.1, 0.15) is 11.6 Å². The Labute approximate surface area is 150 Å². The maximum absolute atomic E-state index is 6.42. The van der Waals surface area contributed by atoms with E-state index in [1.54, 1.807) is 6.20 Å². The molecule has 1 fully saturated rings. The monoisotopic (exact) mass is 343 g/mol. The summed E-state index contributed by atoms with van der Waals surface area (Å²) in [6.07, 6.45) is 3.43. The van der Waals surface area contributed by atoms with Crippen LogP contribution in [-0.2, 0) is 0 Å². The number of hydrogen-bond acceptors (Lipinski definition) is 5. The van der Waals surface area contributed by atoms with Crippen LogP contribution in [0.4, 0.5) is 5.69 Å². The quantitative estimate of drug-likeness (QED) is 0.292. The van der Waals surface area contributed by atoms with Gasteiger partial charge in [-0.1, -0.05) is 13.2 Å². The van der Waals surface area contributed by atoms with Crippen molar-refractivity contribution < 1.29 is 4.74 Å². The van der Waals surface area contributed by atoms with Crippen molar-refractivity contribution in [1.29, 1.82) is 0 Å². The van der Waals surface area contributed by atoms with E-state index in [2.05, 4.69) is 28.5 Å². The van der Waals surface area contributed by atoms with Crippen LogP contribution < -0.4 is 21.7 Å². The minimum absolute atomic E-state index is 0.0872. The van der Waals surface area contributed by atoms with E-state index in [0.29, 0.717) is 6.42 Å². The number of hydrogen-bond donors (Lipinski definition) is 3. The summed E-state index contributed by atoms with van der Waals surface area (Å²) in [6.45, 7) is 13.9. The zero-order chi connectivity index (χ0) is 18.4. The topological polar surface area (TPSA) is 88.9 Å². The molecule has 6 nitrogen and oxygen atoms in total. The van der Waals surface area contributed by atoms with Crippen molar-refractivity contribution in [2.45, 2.75) is 38.8 Å². The van der Waals surface area contributed by atoms with E-state index in [1.807, 2.05) is 32.0 Å². The Bertz CT molecular complexity index is 649. The lowest BCUT2D eigenvalue weighted by Crippen LogP contribution is -2.44. The number of nitrogen functional groups attached to an aromatic ring is 1. The highest BCUT2D eigenvalue weighted by Gasteiger charge is 2.22. The van der Waals surface area contributed by atoms with Crippen LogP contribution in [0.3, 0.4) is 0 Å². The lowest BCUT2D eigenvalue weighted by molar-refractivity contribution is 0.242. The van der Waals surface area contributed by atoms with E-state index in [0.717, 1.165) is 41.5 Å². The number of aliphatic imine (C=N–C) groups is 1. The summed E-state index contributed by atoms with van der Waals surface area (Å²) in [4.78, 5) is 6.60. The second kappa shape index (κ2) is 8.69. The molecule has 0 saturated carbocycles. The van der Waals surface area contributed by atoms with Gasteiger partial charge in [-0.05, 0) is 44.0 Å². The Balaban J connectivity index is 2.19. The second-order valence-electron chi connectivity index (χ2n) is 6.42. The van der Waals surface area contributed by atoms with Crippen molar-refractivity contribution in [3.8, 4) is 5.75 Å². The molecule has 5 N–H and O–H groups in total. The molecule has 2 rings (SSSR count). The SMILES string of the molecule is C=C/N=C(\C[C@@H](N)C(=C)c1cc(OC(C)C)ccc1NN)N1CCC1. The van der Waals surface area contributed by atoms with Crippen molar-refractivity contribution in [3.63, 3.8) is 0 Å². The average Bonchev–Trinajstić information content (AvgIpc) is 2.52. The van der Waals surface area contributed by atoms with Crippen LogP contribution in [-0.4, -0.2) is 36.0 Å². The molecule has 1 atom stereocenters. The van der Waals surface area contributed by atoms with Crippen molar-refractivity contribution in [2.24, 2.45) is 16.6 Å². The van der Waals surface area contributed by atoms with Crippen LogP contribution in [0, 0.1) is 0 Å². The van der Waals surface area contributed by atoms with Crippen LogP contribution in [0.1, 0.15) is 32.3 Å². The van der Waals surface area contributed by atoms with Crippen LogP contribution in [0.25, 0.3) is 5.57 Å². The Morgan fingerprint density at radius 1 is 1.44 bits per heavy atom. The first-order valence-electron chi connectivity index (χ1n) is 8.60. The fourth-order valence-electron chi connectivity index (χ4n) is 2.72. The zero-order valence-electron chi connectivity index (χ0n) is 15.2. The summed E-state index contributed by atoms with van der Waals surface area (Å²) in [6, 6.07) is 5.40. The summed E-state index contributed by atoms with van der Waals surface area (Å²) in [5.74, 6) is 7.36. The summed E-state index contributed by atoms with van der Waals surface area (Å²) in [7, 11) is 0. The third-order valence-electron chi connectivity index (χ3n) is 4.18. The number of rotatable bonds is 8. The van der Waals surface area contributed by atoms with Gasteiger partial charge in [0.15, 0.2) is 0 Å². The van der Waals surface area contributed by atoms with Gasteiger partial charge in [-0.25, -0.2) is 4.99 Å². The molecule has 0 spiro atoms. The van der Waals surface area contributed by atoms with Gasteiger partial charge >= 0.3 is 0 Å². The number of benzene rings is 1. The number of nitrogens with one attached hydrogen (secondary N) is 1. The third-order valence-corrected chi connectivity index (χ3v) is 4.18. The second-order valence-corrected chi connectivity index (χ2v) is 6.42.